The molecule has 0 amide bonds. The number of hydrogen-bond donors (Lipinski definition) is 1. The SMILES string of the molecule is COC(=O)[C@H]1Cc2cc(F)ccc2CN1. The van der Waals surface area contributed by atoms with Gasteiger partial charge in [0.1, 0.15) is 11.9 Å². The summed E-state index contributed by atoms with van der Waals surface area (Å²) in [5.41, 5.74) is 1.92. The lowest BCUT2D eigenvalue weighted by molar-refractivity contribution is -0.143. The zero-order chi connectivity index (χ0) is 10.8. The van der Waals surface area contributed by atoms with Crippen molar-refractivity contribution in [2.24, 2.45) is 0 Å². The molecule has 15 heavy (non-hydrogen) atoms. The highest BCUT2D eigenvalue weighted by Gasteiger charge is 2.24. The lowest BCUT2D eigenvalue weighted by atomic mass is 9.96. The molecule has 0 spiro atoms. The number of ether oxygens (including phenoxy) is 1. The molecule has 1 heterocycles. The number of carbonyl (C=O) groups excluding carboxylic acids is 1. The summed E-state index contributed by atoms with van der Waals surface area (Å²) < 4.78 is 17.6. The third-order valence-electron chi connectivity index (χ3n) is 2.62. The highest BCUT2D eigenvalue weighted by atomic mass is 19.1. The van der Waals surface area contributed by atoms with Crippen molar-refractivity contribution in [3.8, 4) is 0 Å². The lowest BCUT2D eigenvalue weighted by Crippen LogP contribution is -2.42. The van der Waals surface area contributed by atoms with Crippen LogP contribution in [0.3, 0.4) is 0 Å². The minimum absolute atomic E-state index is 0.265. The monoisotopic (exact) mass is 209 g/mol. The minimum Gasteiger partial charge on any atom is -0.468 e. The van der Waals surface area contributed by atoms with Crippen LogP contribution in [0, 0.1) is 5.82 Å². The second-order valence-electron chi connectivity index (χ2n) is 3.57. The van der Waals surface area contributed by atoms with Gasteiger partial charge in [-0.2, -0.15) is 0 Å². The summed E-state index contributed by atoms with van der Waals surface area (Å²) >= 11 is 0. The molecule has 1 aromatic rings. The number of benzene rings is 1. The minimum atomic E-state index is -0.357. The van der Waals surface area contributed by atoms with E-state index in [-0.39, 0.29) is 17.8 Å². The Hall–Kier alpha value is -1.42. The molecule has 0 radical (unpaired) electrons. The molecule has 80 valence electrons. The number of methoxy groups -OCH3 is 1. The molecule has 0 saturated heterocycles. The van der Waals surface area contributed by atoms with Gasteiger partial charge < -0.3 is 10.1 Å². The first-order chi connectivity index (χ1) is 7.20. The highest BCUT2D eigenvalue weighted by Crippen LogP contribution is 2.18. The Morgan fingerprint density at radius 3 is 3.07 bits per heavy atom. The van der Waals surface area contributed by atoms with Gasteiger partial charge in [-0.05, 0) is 29.7 Å². The lowest BCUT2D eigenvalue weighted by Gasteiger charge is -2.24. The Kier molecular flexibility index (Phi) is 2.68. The van der Waals surface area contributed by atoms with E-state index in [1.54, 1.807) is 6.07 Å². The summed E-state index contributed by atoms with van der Waals surface area (Å²) in [4.78, 5) is 11.3. The van der Waals surface area contributed by atoms with E-state index in [2.05, 4.69) is 10.1 Å². The van der Waals surface area contributed by atoms with Gasteiger partial charge in [0.05, 0.1) is 7.11 Å². The predicted molar refractivity (Wildman–Crippen MR) is 52.7 cm³/mol. The zero-order valence-corrected chi connectivity index (χ0v) is 8.42. The quantitative estimate of drug-likeness (QED) is 0.701. The Morgan fingerprint density at radius 2 is 2.33 bits per heavy atom. The molecule has 0 bridgehead atoms. The van der Waals surface area contributed by atoms with Crippen molar-refractivity contribution in [1.29, 1.82) is 0 Å². The molecule has 1 aliphatic rings. The number of hydrogen-bond acceptors (Lipinski definition) is 3. The van der Waals surface area contributed by atoms with E-state index in [1.165, 1.54) is 19.2 Å². The molecule has 0 saturated carbocycles. The van der Waals surface area contributed by atoms with Gasteiger partial charge in [0.25, 0.3) is 0 Å². The van der Waals surface area contributed by atoms with Crippen LogP contribution >= 0.6 is 0 Å². The molecule has 0 aliphatic carbocycles. The average molecular weight is 209 g/mol. The smallest absolute Gasteiger partial charge is 0.323 e. The van der Waals surface area contributed by atoms with E-state index in [9.17, 15) is 9.18 Å². The molecule has 0 aromatic heterocycles. The van der Waals surface area contributed by atoms with Crippen LogP contribution in [0.5, 0.6) is 0 Å². The molecular formula is C11H12FNO2. The summed E-state index contributed by atoms with van der Waals surface area (Å²) in [6, 6.07) is 4.29. The topological polar surface area (TPSA) is 38.3 Å². The van der Waals surface area contributed by atoms with Crippen LogP contribution in [0.25, 0.3) is 0 Å². The maximum Gasteiger partial charge on any atom is 0.323 e. The second-order valence-corrected chi connectivity index (χ2v) is 3.57. The van der Waals surface area contributed by atoms with Gasteiger partial charge in [0, 0.05) is 6.54 Å². The fraction of sp³-hybridized carbons (Fsp3) is 0.364. The zero-order valence-electron chi connectivity index (χ0n) is 8.42. The molecule has 3 nitrogen and oxygen atoms in total. The van der Waals surface area contributed by atoms with Crippen LogP contribution in [-0.4, -0.2) is 19.1 Å². The van der Waals surface area contributed by atoms with Crippen LogP contribution in [0.15, 0.2) is 18.2 Å². The van der Waals surface area contributed by atoms with Crippen LogP contribution in [0.2, 0.25) is 0 Å². The van der Waals surface area contributed by atoms with E-state index in [0.717, 1.165) is 11.1 Å². The molecule has 1 aromatic carbocycles. The van der Waals surface area contributed by atoms with Gasteiger partial charge in [-0.1, -0.05) is 6.07 Å². The van der Waals surface area contributed by atoms with Crippen molar-refractivity contribution < 1.29 is 13.9 Å². The Morgan fingerprint density at radius 1 is 1.53 bits per heavy atom. The maximum atomic E-state index is 13.0. The highest BCUT2D eigenvalue weighted by molar-refractivity contribution is 5.76. The van der Waals surface area contributed by atoms with Gasteiger partial charge in [0.2, 0.25) is 0 Å². The van der Waals surface area contributed by atoms with Gasteiger partial charge in [0.15, 0.2) is 0 Å². The molecule has 1 aliphatic heterocycles. The molecule has 2 rings (SSSR count). The molecule has 1 N–H and O–H groups in total. The molecule has 4 heteroatoms. The van der Waals surface area contributed by atoms with Gasteiger partial charge >= 0.3 is 5.97 Å². The van der Waals surface area contributed by atoms with Gasteiger partial charge in [-0.15, -0.1) is 0 Å². The standard InChI is InChI=1S/C11H12FNO2/c1-15-11(14)10-5-8-4-9(12)3-2-7(8)6-13-10/h2-4,10,13H,5-6H2,1H3/t10-/m1/s1. The van der Waals surface area contributed by atoms with Crippen molar-refractivity contribution in [2.45, 2.75) is 19.0 Å². The van der Waals surface area contributed by atoms with Crippen molar-refractivity contribution in [3.05, 3.63) is 35.1 Å². The van der Waals surface area contributed by atoms with Crippen LogP contribution in [0.4, 0.5) is 4.39 Å². The first kappa shape index (κ1) is 10.1. The number of halogens is 1. The van der Waals surface area contributed by atoms with Crippen LogP contribution in [0.1, 0.15) is 11.1 Å². The van der Waals surface area contributed by atoms with Crippen LogP contribution < -0.4 is 5.32 Å². The molecular weight excluding hydrogens is 197 g/mol. The fourth-order valence-corrected chi connectivity index (χ4v) is 1.79. The summed E-state index contributed by atoms with van der Waals surface area (Å²) in [5.74, 6) is -0.566. The summed E-state index contributed by atoms with van der Waals surface area (Å²) in [6.07, 6.45) is 0.486. The number of fused-ring (bicyclic) bond motifs is 1. The van der Waals surface area contributed by atoms with E-state index in [4.69, 9.17) is 0 Å². The largest absolute Gasteiger partial charge is 0.468 e. The normalized spacial score (nSPS) is 19.5. The maximum absolute atomic E-state index is 13.0. The van der Waals surface area contributed by atoms with Crippen molar-refractivity contribution in [2.75, 3.05) is 7.11 Å². The predicted octanol–water partition coefficient (Wildman–Crippen LogP) is 1.01. The van der Waals surface area contributed by atoms with Gasteiger partial charge in [-0.3, -0.25) is 4.79 Å². The Bertz CT molecular complexity index is 392. The molecule has 0 fully saturated rings. The first-order valence-electron chi connectivity index (χ1n) is 4.79. The number of rotatable bonds is 1. The van der Waals surface area contributed by atoms with E-state index < -0.39 is 0 Å². The third kappa shape index (κ3) is 1.99. The average Bonchev–Trinajstić information content (AvgIpc) is 2.27. The Balaban J connectivity index is 2.22. The Labute approximate surface area is 87.2 Å². The van der Waals surface area contributed by atoms with Crippen molar-refractivity contribution >= 4 is 5.97 Å². The second kappa shape index (κ2) is 3.98. The molecule has 0 unspecified atom stereocenters. The summed E-state index contributed by atoms with van der Waals surface area (Å²) in [7, 11) is 1.35. The summed E-state index contributed by atoms with van der Waals surface area (Å²) in [5, 5.41) is 3.05. The van der Waals surface area contributed by atoms with E-state index >= 15 is 0 Å². The number of nitrogens with one attached hydrogen (secondary N) is 1. The van der Waals surface area contributed by atoms with Gasteiger partial charge in [-0.25, -0.2) is 4.39 Å². The molecule has 1 atom stereocenters. The van der Waals surface area contributed by atoms with E-state index in [0.29, 0.717) is 13.0 Å². The van der Waals surface area contributed by atoms with Crippen LogP contribution in [-0.2, 0) is 22.5 Å². The fourth-order valence-electron chi connectivity index (χ4n) is 1.79. The first-order valence-corrected chi connectivity index (χ1v) is 4.79. The number of esters is 1. The van der Waals surface area contributed by atoms with Crippen molar-refractivity contribution in [3.63, 3.8) is 0 Å². The van der Waals surface area contributed by atoms with Crippen molar-refractivity contribution in [1.82, 2.24) is 5.32 Å². The summed E-state index contributed by atoms with van der Waals surface area (Å²) in [6.45, 7) is 0.579. The third-order valence-corrected chi connectivity index (χ3v) is 2.62. The van der Waals surface area contributed by atoms with E-state index in [1.807, 2.05) is 0 Å². The number of carbonyl (C=O) groups is 1.